The van der Waals surface area contributed by atoms with Crippen molar-refractivity contribution in [1.29, 1.82) is 0 Å². The summed E-state index contributed by atoms with van der Waals surface area (Å²) in [6.45, 7) is 0. The van der Waals surface area contributed by atoms with E-state index in [9.17, 15) is 22.0 Å². The van der Waals surface area contributed by atoms with Gasteiger partial charge in [-0.15, -0.1) is 0 Å². The molecule has 0 radical (unpaired) electrons. The van der Waals surface area contributed by atoms with Crippen LogP contribution in [0.5, 0.6) is 0 Å². The maximum atomic E-state index is 11.7. The van der Waals surface area contributed by atoms with E-state index in [1.54, 1.807) is 0 Å². The normalized spacial score (nSPS) is 18.6. The lowest BCUT2D eigenvalue weighted by Crippen LogP contribution is -2.34. The Morgan fingerprint density at radius 1 is 1.20 bits per heavy atom. The molecule has 62 valence electrons. The van der Waals surface area contributed by atoms with Crippen LogP contribution >= 0.6 is 0 Å². The van der Waals surface area contributed by atoms with Crippen LogP contribution in [0.2, 0.25) is 0 Å². The van der Waals surface area contributed by atoms with E-state index in [0.717, 1.165) is 0 Å². The Bertz CT molecular complexity index is 100. The third-order valence-corrected chi connectivity index (χ3v) is 0.768. The molecule has 0 amide bonds. The Labute approximate surface area is 53.8 Å². The molecule has 0 aromatic heterocycles. The van der Waals surface area contributed by atoms with Crippen LogP contribution in [0.15, 0.2) is 0 Å². The lowest BCUT2D eigenvalue weighted by molar-refractivity contribution is -0.230. The molecular formula is C4H5F5O. The molecule has 0 saturated carbocycles. The molecule has 10 heavy (non-hydrogen) atoms. The van der Waals surface area contributed by atoms with Crippen LogP contribution in [-0.2, 0) is 4.74 Å². The Hall–Kier alpha value is -0.390. The molecule has 0 N–H and O–H groups in total. The Morgan fingerprint density at radius 3 is 1.70 bits per heavy atom. The zero-order valence-corrected chi connectivity index (χ0v) is 4.95. The summed E-state index contributed by atoms with van der Waals surface area (Å²) >= 11 is 0. The van der Waals surface area contributed by atoms with Crippen LogP contribution in [0.1, 0.15) is 0 Å². The average Bonchev–Trinajstić information content (AvgIpc) is 1.83. The van der Waals surface area contributed by atoms with Gasteiger partial charge in [-0.1, -0.05) is 0 Å². The quantitative estimate of drug-likeness (QED) is 0.565. The summed E-state index contributed by atoms with van der Waals surface area (Å²) in [6, 6.07) is 0. The minimum atomic E-state index is -5.19. The van der Waals surface area contributed by atoms with Gasteiger partial charge in [0.2, 0.25) is 6.36 Å². The summed E-state index contributed by atoms with van der Waals surface area (Å²) in [4.78, 5) is 0. The molecule has 2 atom stereocenters. The maximum Gasteiger partial charge on any atom is 0.425 e. The molecule has 0 heterocycles. The van der Waals surface area contributed by atoms with Gasteiger partial charge in [0, 0.05) is 7.11 Å². The van der Waals surface area contributed by atoms with Crippen LogP contribution in [0.3, 0.4) is 0 Å². The number of alkyl halides is 5. The highest BCUT2D eigenvalue weighted by atomic mass is 19.4. The third kappa shape index (κ3) is 2.47. The molecule has 1 nitrogen and oxygen atoms in total. The zero-order chi connectivity index (χ0) is 8.36. The number of hydrogen-bond donors (Lipinski definition) is 0. The summed E-state index contributed by atoms with van der Waals surface area (Å²) < 4.78 is 60.4. The van der Waals surface area contributed by atoms with Crippen molar-refractivity contribution in [1.82, 2.24) is 0 Å². The standard InChI is InChI=1S/C4H5F5O/c1-10-3(6)2(5)4(7,8)9/h2-3H,1H3. The van der Waals surface area contributed by atoms with Gasteiger partial charge in [-0.2, -0.15) is 13.2 Å². The van der Waals surface area contributed by atoms with Crippen molar-refractivity contribution in [2.75, 3.05) is 7.11 Å². The highest BCUT2D eigenvalue weighted by Crippen LogP contribution is 2.26. The Kier molecular flexibility index (Phi) is 3.01. The van der Waals surface area contributed by atoms with Crippen molar-refractivity contribution in [3.8, 4) is 0 Å². The van der Waals surface area contributed by atoms with Crippen molar-refractivity contribution in [2.24, 2.45) is 0 Å². The minimum Gasteiger partial charge on any atom is -0.349 e. The van der Waals surface area contributed by atoms with Crippen molar-refractivity contribution in [2.45, 2.75) is 18.7 Å². The van der Waals surface area contributed by atoms with Crippen molar-refractivity contribution in [3.63, 3.8) is 0 Å². The van der Waals surface area contributed by atoms with E-state index in [1.165, 1.54) is 0 Å². The topological polar surface area (TPSA) is 9.23 Å². The van der Waals surface area contributed by atoms with Crippen LogP contribution < -0.4 is 0 Å². The average molecular weight is 164 g/mol. The number of ether oxygens (including phenoxy) is 1. The van der Waals surface area contributed by atoms with Gasteiger partial charge in [0.25, 0.3) is 6.17 Å². The summed E-state index contributed by atoms with van der Waals surface area (Å²) in [5, 5.41) is 0. The molecule has 0 bridgehead atoms. The van der Waals surface area contributed by atoms with Gasteiger partial charge in [-0.05, 0) is 0 Å². The largest absolute Gasteiger partial charge is 0.425 e. The highest BCUT2D eigenvalue weighted by Gasteiger charge is 2.46. The second-order valence-corrected chi connectivity index (χ2v) is 1.53. The van der Waals surface area contributed by atoms with Gasteiger partial charge >= 0.3 is 6.18 Å². The second-order valence-electron chi connectivity index (χ2n) is 1.53. The molecular weight excluding hydrogens is 159 g/mol. The number of halogens is 5. The first-order valence-corrected chi connectivity index (χ1v) is 2.27. The SMILES string of the molecule is COC(F)C(F)C(F)(F)F. The van der Waals surface area contributed by atoms with E-state index in [2.05, 4.69) is 4.74 Å². The second kappa shape index (κ2) is 3.14. The molecule has 6 heteroatoms. The van der Waals surface area contributed by atoms with Gasteiger partial charge in [0.15, 0.2) is 0 Å². The third-order valence-electron chi connectivity index (χ3n) is 0.768. The molecule has 0 fully saturated rings. The van der Waals surface area contributed by atoms with E-state index >= 15 is 0 Å². The number of methoxy groups -OCH3 is 1. The predicted octanol–water partition coefficient (Wildman–Crippen LogP) is 1.83. The van der Waals surface area contributed by atoms with Gasteiger partial charge < -0.3 is 4.74 Å². The summed E-state index contributed by atoms with van der Waals surface area (Å²) in [5.41, 5.74) is 0. The first-order valence-electron chi connectivity index (χ1n) is 2.27. The van der Waals surface area contributed by atoms with Gasteiger partial charge in [0.05, 0.1) is 0 Å². The van der Waals surface area contributed by atoms with E-state index in [-0.39, 0.29) is 0 Å². The van der Waals surface area contributed by atoms with Crippen molar-refractivity contribution < 1.29 is 26.7 Å². The minimum absolute atomic E-state index is 0.656. The Balaban J connectivity index is 3.94. The Morgan fingerprint density at radius 2 is 1.60 bits per heavy atom. The monoisotopic (exact) mass is 164 g/mol. The van der Waals surface area contributed by atoms with Crippen LogP contribution in [-0.4, -0.2) is 25.8 Å². The lowest BCUT2D eigenvalue weighted by Gasteiger charge is -2.14. The maximum absolute atomic E-state index is 11.7. The van der Waals surface area contributed by atoms with Crippen LogP contribution in [0.25, 0.3) is 0 Å². The molecule has 0 aliphatic carbocycles. The summed E-state index contributed by atoms with van der Waals surface area (Å²) in [7, 11) is 0.656. The smallest absolute Gasteiger partial charge is 0.349 e. The first-order chi connectivity index (χ1) is 4.39. The van der Waals surface area contributed by atoms with Crippen molar-refractivity contribution >= 4 is 0 Å². The summed E-state index contributed by atoms with van der Waals surface area (Å²) in [6.07, 6.45) is -11.7. The van der Waals surface area contributed by atoms with E-state index in [4.69, 9.17) is 0 Å². The number of rotatable bonds is 2. The molecule has 0 saturated heterocycles. The molecule has 0 spiro atoms. The predicted molar refractivity (Wildman–Crippen MR) is 22.9 cm³/mol. The molecule has 0 aromatic rings. The van der Waals surface area contributed by atoms with Crippen LogP contribution in [0.4, 0.5) is 22.0 Å². The highest BCUT2D eigenvalue weighted by molar-refractivity contribution is 4.68. The van der Waals surface area contributed by atoms with Gasteiger partial charge in [-0.3, -0.25) is 0 Å². The van der Waals surface area contributed by atoms with Crippen molar-refractivity contribution in [3.05, 3.63) is 0 Å². The molecule has 0 aromatic carbocycles. The van der Waals surface area contributed by atoms with E-state index < -0.39 is 18.7 Å². The van der Waals surface area contributed by atoms with Gasteiger partial charge in [-0.25, -0.2) is 8.78 Å². The lowest BCUT2D eigenvalue weighted by atomic mass is 10.4. The van der Waals surface area contributed by atoms with Gasteiger partial charge in [0.1, 0.15) is 0 Å². The fourth-order valence-electron chi connectivity index (χ4n) is 0.268. The fourth-order valence-corrected chi connectivity index (χ4v) is 0.268. The molecule has 0 aliphatic heterocycles. The molecule has 2 unspecified atom stereocenters. The first kappa shape index (κ1) is 9.61. The summed E-state index contributed by atoms with van der Waals surface area (Å²) in [5.74, 6) is 0. The van der Waals surface area contributed by atoms with E-state index in [0.29, 0.717) is 7.11 Å². The molecule has 0 rings (SSSR count). The van der Waals surface area contributed by atoms with Crippen LogP contribution in [0, 0.1) is 0 Å². The number of hydrogen-bond acceptors (Lipinski definition) is 1. The molecule has 0 aliphatic rings. The fraction of sp³-hybridized carbons (Fsp3) is 1.00. The zero-order valence-electron chi connectivity index (χ0n) is 4.95. The van der Waals surface area contributed by atoms with E-state index in [1.807, 2.05) is 0 Å².